The Labute approximate surface area is 126 Å². The standard InChI is InChI=1S/C13H17N3O6/c1-3-21-10(17)9-8-7-5-20-6-16(7)11(18)13(8,15-14-9)12(19)22-4-2/h7-8,15H,3-6H2,1-2H3/t7-,8+,13-/m1/s1. The SMILES string of the molecule is CCOC(=O)C1=NN[C@@]2(C(=O)OCC)C(=O)N3COC[C@@H]3[C@@H]12. The summed E-state index contributed by atoms with van der Waals surface area (Å²) in [5.74, 6) is -2.64. The summed E-state index contributed by atoms with van der Waals surface area (Å²) in [6.07, 6.45) is 0. The minimum Gasteiger partial charge on any atom is -0.464 e. The highest BCUT2D eigenvalue weighted by Crippen LogP contribution is 2.42. The van der Waals surface area contributed by atoms with Crippen LogP contribution in [-0.2, 0) is 28.6 Å². The summed E-state index contributed by atoms with van der Waals surface area (Å²) in [5, 5.41) is 3.91. The first-order valence-electron chi connectivity index (χ1n) is 7.15. The number of nitrogens with zero attached hydrogens (tertiary/aromatic N) is 2. The maximum atomic E-state index is 12.7. The fourth-order valence-electron chi connectivity index (χ4n) is 3.20. The lowest BCUT2D eigenvalue weighted by Crippen LogP contribution is -2.59. The topological polar surface area (TPSA) is 107 Å². The monoisotopic (exact) mass is 311 g/mol. The summed E-state index contributed by atoms with van der Waals surface area (Å²) in [7, 11) is 0. The van der Waals surface area contributed by atoms with Crippen molar-refractivity contribution in [2.24, 2.45) is 11.0 Å². The van der Waals surface area contributed by atoms with Gasteiger partial charge in [-0.1, -0.05) is 0 Å². The van der Waals surface area contributed by atoms with Gasteiger partial charge in [0.15, 0.2) is 5.71 Å². The van der Waals surface area contributed by atoms with Crippen LogP contribution < -0.4 is 5.43 Å². The predicted octanol–water partition coefficient (Wildman–Crippen LogP) is -1.37. The first kappa shape index (κ1) is 14.8. The molecule has 9 nitrogen and oxygen atoms in total. The fraction of sp³-hybridized carbons (Fsp3) is 0.692. The van der Waals surface area contributed by atoms with E-state index in [-0.39, 0.29) is 32.3 Å². The number of nitrogens with one attached hydrogen (secondary N) is 1. The molecule has 3 aliphatic rings. The lowest BCUT2D eigenvalue weighted by molar-refractivity contribution is -0.157. The minimum atomic E-state index is -1.69. The second-order valence-corrected chi connectivity index (χ2v) is 5.18. The first-order valence-corrected chi connectivity index (χ1v) is 7.15. The van der Waals surface area contributed by atoms with Gasteiger partial charge in [0.2, 0.25) is 5.54 Å². The molecule has 3 atom stereocenters. The highest BCUT2D eigenvalue weighted by atomic mass is 16.5. The van der Waals surface area contributed by atoms with E-state index in [2.05, 4.69) is 10.5 Å². The minimum absolute atomic E-state index is 0.0289. The van der Waals surface area contributed by atoms with E-state index in [1.807, 2.05) is 0 Å². The third-order valence-corrected chi connectivity index (χ3v) is 4.10. The molecule has 0 aromatic carbocycles. The quantitative estimate of drug-likeness (QED) is 0.504. The third-order valence-electron chi connectivity index (χ3n) is 4.10. The lowest BCUT2D eigenvalue weighted by atomic mass is 9.81. The Hall–Kier alpha value is -2.16. The molecule has 0 unspecified atom stereocenters. The molecule has 0 bridgehead atoms. The highest BCUT2D eigenvalue weighted by Gasteiger charge is 2.71. The van der Waals surface area contributed by atoms with Crippen LogP contribution in [0.1, 0.15) is 13.8 Å². The number of esters is 2. The molecule has 22 heavy (non-hydrogen) atoms. The van der Waals surface area contributed by atoms with Crippen LogP contribution in [0.2, 0.25) is 0 Å². The van der Waals surface area contributed by atoms with E-state index in [1.54, 1.807) is 13.8 Å². The summed E-state index contributed by atoms with van der Waals surface area (Å²) in [4.78, 5) is 38.6. The van der Waals surface area contributed by atoms with Gasteiger partial charge in [-0.05, 0) is 13.8 Å². The summed E-state index contributed by atoms with van der Waals surface area (Å²) >= 11 is 0. The number of ether oxygens (including phenoxy) is 3. The number of hydrazone groups is 1. The molecular formula is C13H17N3O6. The Morgan fingerprint density at radius 2 is 2.14 bits per heavy atom. The van der Waals surface area contributed by atoms with Crippen molar-refractivity contribution in [3.63, 3.8) is 0 Å². The number of hydrogen-bond donors (Lipinski definition) is 1. The Bertz CT molecular complexity index is 562. The lowest BCUT2D eigenvalue weighted by Gasteiger charge is -2.25. The van der Waals surface area contributed by atoms with E-state index in [0.29, 0.717) is 0 Å². The van der Waals surface area contributed by atoms with E-state index in [9.17, 15) is 14.4 Å². The molecule has 1 N–H and O–H groups in total. The van der Waals surface area contributed by atoms with Gasteiger partial charge in [0.05, 0.1) is 31.8 Å². The Morgan fingerprint density at radius 1 is 1.41 bits per heavy atom. The first-order chi connectivity index (χ1) is 10.6. The normalized spacial score (nSPS) is 32.2. The fourth-order valence-corrected chi connectivity index (χ4v) is 3.20. The molecule has 0 aromatic heterocycles. The molecule has 1 amide bonds. The molecule has 0 saturated carbocycles. The maximum Gasteiger partial charge on any atom is 0.354 e. The number of amides is 1. The molecule has 3 rings (SSSR count). The smallest absolute Gasteiger partial charge is 0.354 e. The molecule has 9 heteroatoms. The van der Waals surface area contributed by atoms with E-state index in [0.717, 1.165) is 0 Å². The second-order valence-electron chi connectivity index (χ2n) is 5.18. The van der Waals surface area contributed by atoms with Crippen LogP contribution >= 0.6 is 0 Å². The van der Waals surface area contributed by atoms with Crippen molar-refractivity contribution in [2.45, 2.75) is 25.4 Å². The average Bonchev–Trinajstić information content (AvgIpc) is 3.15. The van der Waals surface area contributed by atoms with E-state index in [1.165, 1.54) is 4.90 Å². The van der Waals surface area contributed by atoms with Gasteiger partial charge in [0.25, 0.3) is 5.91 Å². The van der Waals surface area contributed by atoms with Crippen LogP contribution in [-0.4, -0.2) is 66.6 Å². The van der Waals surface area contributed by atoms with Crippen LogP contribution in [0.15, 0.2) is 5.10 Å². The third kappa shape index (κ3) is 1.75. The Kier molecular flexibility index (Phi) is 3.51. The van der Waals surface area contributed by atoms with Gasteiger partial charge in [-0.3, -0.25) is 10.2 Å². The predicted molar refractivity (Wildman–Crippen MR) is 71.5 cm³/mol. The second kappa shape index (κ2) is 5.24. The van der Waals surface area contributed by atoms with E-state index >= 15 is 0 Å². The van der Waals surface area contributed by atoms with Crippen molar-refractivity contribution >= 4 is 23.6 Å². The zero-order valence-corrected chi connectivity index (χ0v) is 12.3. The van der Waals surface area contributed by atoms with Gasteiger partial charge in [-0.2, -0.15) is 5.10 Å². The zero-order valence-electron chi connectivity index (χ0n) is 12.3. The summed E-state index contributed by atoms with van der Waals surface area (Å²) < 4.78 is 15.3. The van der Waals surface area contributed by atoms with Crippen molar-refractivity contribution < 1.29 is 28.6 Å². The van der Waals surface area contributed by atoms with Gasteiger partial charge >= 0.3 is 11.9 Å². The molecule has 120 valence electrons. The van der Waals surface area contributed by atoms with Crippen molar-refractivity contribution in [2.75, 3.05) is 26.6 Å². The number of hydrogen-bond acceptors (Lipinski definition) is 8. The number of fused-ring (bicyclic) bond motifs is 3. The Morgan fingerprint density at radius 3 is 2.82 bits per heavy atom. The summed E-state index contributed by atoms with van der Waals surface area (Å²) in [6.45, 7) is 3.93. The van der Waals surface area contributed by atoms with Crippen molar-refractivity contribution in [1.82, 2.24) is 10.3 Å². The molecular weight excluding hydrogens is 294 g/mol. The number of rotatable bonds is 4. The zero-order chi connectivity index (χ0) is 15.9. The van der Waals surface area contributed by atoms with Crippen LogP contribution in [0.3, 0.4) is 0 Å². The maximum absolute atomic E-state index is 12.7. The van der Waals surface area contributed by atoms with Crippen LogP contribution in [0, 0.1) is 5.92 Å². The average molecular weight is 311 g/mol. The van der Waals surface area contributed by atoms with Gasteiger partial charge in [-0.25, -0.2) is 9.59 Å². The van der Waals surface area contributed by atoms with Gasteiger partial charge in [0, 0.05) is 0 Å². The molecule has 3 heterocycles. The van der Waals surface area contributed by atoms with E-state index < -0.39 is 35.3 Å². The number of carbonyl (C=O) groups excluding carboxylic acids is 3. The summed E-state index contributed by atoms with van der Waals surface area (Å²) in [5.41, 5.74) is 0.891. The molecule has 0 aromatic rings. The highest BCUT2D eigenvalue weighted by molar-refractivity contribution is 6.41. The van der Waals surface area contributed by atoms with Crippen molar-refractivity contribution in [3.8, 4) is 0 Å². The summed E-state index contributed by atoms with van der Waals surface area (Å²) in [6, 6.07) is -0.435. The van der Waals surface area contributed by atoms with Gasteiger partial charge in [-0.15, -0.1) is 0 Å². The van der Waals surface area contributed by atoms with Gasteiger partial charge < -0.3 is 19.1 Å². The molecule has 3 aliphatic heterocycles. The molecule has 0 aliphatic carbocycles. The van der Waals surface area contributed by atoms with Crippen LogP contribution in [0.4, 0.5) is 0 Å². The van der Waals surface area contributed by atoms with Crippen LogP contribution in [0.5, 0.6) is 0 Å². The number of carbonyl (C=O) groups is 3. The molecule has 2 fully saturated rings. The van der Waals surface area contributed by atoms with Crippen molar-refractivity contribution in [1.29, 1.82) is 0 Å². The molecule has 0 radical (unpaired) electrons. The molecule has 0 spiro atoms. The Balaban J connectivity index is 2.00. The largest absolute Gasteiger partial charge is 0.464 e. The van der Waals surface area contributed by atoms with Crippen molar-refractivity contribution in [3.05, 3.63) is 0 Å². The van der Waals surface area contributed by atoms with Gasteiger partial charge in [0.1, 0.15) is 6.73 Å². The van der Waals surface area contributed by atoms with Crippen LogP contribution in [0.25, 0.3) is 0 Å². The molecule has 2 saturated heterocycles. The van der Waals surface area contributed by atoms with E-state index in [4.69, 9.17) is 14.2 Å².